The van der Waals surface area contributed by atoms with Gasteiger partial charge in [-0.3, -0.25) is 4.79 Å². The van der Waals surface area contributed by atoms with Gasteiger partial charge in [-0.15, -0.1) is 0 Å². The number of carbonyl (C=O) groups excluding carboxylic acids is 1. The van der Waals surface area contributed by atoms with Gasteiger partial charge < -0.3 is 15.2 Å². The Bertz CT molecular complexity index is 782. The lowest BCUT2D eigenvalue weighted by Crippen LogP contribution is -2.45. The van der Waals surface area contributed by atoms with Crippen molar-refractivity contribution in [3.05, 3.63) is 63.3 Å². The van der Waals surface area contributed by atoms with E-state index in [2.05, 4.69) is 15.3 Å². The summed E-state index contributed by atoms with van der Waals surface area (Å²) in [6.45, 7) is 3.25. The minimum Gasteiger partial charge on any atom is -0.331 e. The number of nitrogens with one attached hydrogen (secondary N) is 2. The Kier molecular flexibility index (Phi) is 5.38. The summed E-state index contributed by atoms with van der Waals surface area (Å²) < 4.78 is 0. The van der Waals surface area contributed by atoms with Crippen LogP contribution in [-0.4, -0.2) is 34.0 Å². The third-order valence-electron chi connectivity index (χ3n) is 4.61. The maximum Gasteiger partial charge on any atom is 0.317 e. The first-order valence-corrected chi connectivity index (χ1v) is 8.76. The molecule has 6 nitrogen and oxygen atoms in total. The quantitative estimate of drug-likeness (QED) is 0.882. The van der Waals surface area contributed by atoms with E-state index in [4.69, 9.17) is 11.6 Å². The zero-order chi connectivity index (χ0) is 17.8. The van der Waals surface area contributed by atoms with Crippen molar-refractivity contribution in [3.63, 3.8) is 0 Å². The number of halogens is 1. The topological polar surface area (TPSA) is 78.1 Å². The van der Waals surface area contributed by atoms with Crippen LogP contribution in [0.3, 0.4) is 0 Å². The van der Waals surface area contributed by atoms with Crippen molar-refractivity contribution in [2.75, 3.05) is 13.1 Å². The fraction of sp³-hybridized carbons (Fsp3) is 0.389. The molecule has 0 unspecified atom stereocenters. The minimum atomic E-state index is -0.137. The predicted molar refractivity (Wildman–Crippen MR) is 96.8 cm³/mol. The normalized spacial score (nSPS) is 16.5. The molecule has 1 fully saturated rings. The molecule has 1 saturated heterocycles. The van der Waals surface area contributed by atoms with Crippen molar-refractivity contribution < 1.29 is 4.79 Å². The number of likely N-dealkylation sites (tertiary alicyclic amines) is 1. The molecule has 2 amide bonds. The highest BCUT2D eigenvalue weighted by molar-refractivity contribution is 6.30. The number of hydrogen-bond acceptors (Lipinski definition) is 3. The number of nitrogens with zero attached hydrogens (tertiary/aromatic N) is 2. The molecule has 2 aromatic rings. The number of carbonyl (C=O) groups is 1. The number of urea groups is 1. The molecular weight excluding hydrogens is 340 g/mol. The first-order chi connectivity index (χ1) is 12.0. The fourth-order valence-corrected chi connectivity index (χ4v) is 3.22. The number of piperidine rings is 1. The smallest absolute Gasteiger partial charge is 0.317 e. The van der Waals surface area contributed by atoms with Crippen molar-refractivity contribution in [2.24, 2.45) is 0 Å². The lowest BCUT2D eigenvalue weighted by molar-refractivity contribution is 0.178. The van der Waals surface area contributed by atoms with Gasteiger partial charge in [-0.2, -0.15) is 0 Å². The molecule has 25 heavy (non-hydrogen) atoms. The van der Waals surface area contributed by atoms with Crippen LogP contribution in [0.4, 0.5) is 4.79 Å². The van der Waals surface area contributed by atoms with Crippen LogP contribution >= 0.6 is 11.6 Å². The lowest BCUT2D eigenvalue weighted by Gasteiger charge is -2.32. The molecule has 7 heteroatoms. The van der Waals surface area contributed by atoms with Gasteiger partial charge in [-0.1, -0.05) is 23.7 Å². The first kappa shape index (κ1) is 17.5. The van der Waals surface area contributed by atoms with E-state index in [0.29, 0.717) is 18.1 Å². The molecule has 0 bridgehead atoms. The SMILES string of the molecule is C[C@H](NC(=O)N1CCC(c2cc(=O)[nH]cn2)CC1)c1ccc(Cl)cc1. The average Bonchev–Trinajstić information content (AvgIpc) is 2.62. The number of amides is 2. The second-order valence-corrected chi connectivity index (χ2v) is 6.76. The van der Waals surface area contributed by atoms with E-state index in [9.17, 15) is 9.59 Å². The van der Waals surface area contributed by atoms with Gasteiger partial charge in [0, 0.05) is 30.1 Å². The summed E-state index contributed by atoms with van der Waals surface area (Å²) in [5.74, 6) is 0.222. The van der Waals surface area contributed by atoms with Gasteiger partial charge in [0.15, 0.2) is 0 Å². The summed E-state index contributed by atoms with van der Waals surface area (Å²) in [7, 11) is 0. The minimum absolute atomic E-state index is 0.0697. The highest BCUT2D eigenvalue weighted by Gasteiger charge is 2.25. The second-order valence-electron chi connectivity index (χ2n) is 6.32. The van der Waals surface area contributed by atoms with E-state index in [0.717, 1.165) is 24.1 Å². The summed E-state index contributed by atoms with van der Waals surface area (Å²) in [5, 5.41) is 3.70. The van der Waals surface area contributed by atoms with Crippen LogP contribution in [0.1, 0.15) is 43.0 Å². The van der Waals surface area contributed by atoms with Gasteiger partial charge in [-0.05, 0) is 37.5 Å². The van der Waals surface area contributed by atoms with Crippen LogP contribution in [0.15, 0.2) is 41.5 Å². The molecule has 1 aliphatic rings. The van der Waals surface area contributed by atoms with E-state index in [-0.39, 0.29) is 23.6 Å². The molecule has 2 N–H and O–H groups in total. The van der Waals surface area contributed by atoms with Crippen molar-refractivity contribution in [1.29, 1.82) is 0 Å². The number of aromatic nitrogens is 2. The molecule has 0 saturated carbocycles. The predicted octanol–water partition coefficient (Wildman–Crippen LogP) is 3.07. The Hall–Kier alpha value is -2.34. The van der Waals surface area contributed by atoms with Gasteiger partial charge >= 0.3 is 6.03 Å². The molecular formula is C18H21ClN4O2. The van der Waals surface area contributed by atoms with Gasteiger partial charge in [0.05, 0.1) is 18.1 Å². The molecule has 2 heterocycles. The van der Waals surface area contributed by atoms with Gasteiger partial charge in [0.25, 0.3) is 5.56 Å². The van der Waals surface area contributed by atoms with Gasteiger partial charge in [0.2, 0.25) is 0 Å². The number of aromatic amines is 1. The number of benzene rings is 1. The third kappa shape index (κ3) is 4.39. The highest BCUT2D eigenvalue weighted by Crippen LogP contribution is 2.26. The van der Waals surface area contributed by atoms with E-state index >= 15 is 0 Å². The zero-order valence-corrected chi connectivity index (χ0v) is 14.8. The summed E-state index contributed by atoms with van der Waals surface area (Å²) in [6, 6.07) is 8.86. The Balaban J connectivity index is 1.54. The Morgan fingerprint density at radius 3 is 2.64 bits per heavy atom. The molecule has 132 valence electrons. The van der Waals surface area contributed by atoms with E-state index < -0.39 is 0 Å². The summed E-state index contributed by atoms with van der Waals surface area (Å²) in [5.41, 5.74) is 1.68. The molecule has 1 aliphatic heterocycles. The largest absolute Gasteiger partial charge is 0.331 e. The Morgan fingerprint density at radius 2 is 2.00 bits per heavy atom. The highest BCUT2D eigenvalue weighted by atomic mass is 35.5. The average molecular weight is 361 g/mol. The Labute approximate surface area is 151 Å². The van der Waals surface area contributed by atoms with Crippen LogP contribution in [0.2, 0.25) is 5.02 Å². The number of H-pyrrole nitrogens is 1. The standard InChI is InChI=1S/C18H21ClN4O2/c1-12(13-2-4-15(19)5-3-13)22-18(25)23-8-6-14(7-9-23)16-10-17(24)21-11-20-16/h2-5,10-12,14H,6-9H2,1H3,(H,22,25)(H,20,21,24)/t12-/m0/s1. The monoisotopic (exact) mass is 360 g/mol. The molecule has 3 rings (SSSR count). The molecule has 1 aromatic heterocycles. The van der Waals surface area contributed by atoms with Crippen LogP contribution in [0.5, 0.6) is 0 Å². The van der Waals surface area contributed by atoms with Crippen molar-refractivity contribution in [3.8, 4) is 0 Å². The maximum atomic E-state index is 12.5. The molecule has 0 radical (unpaired) electrons. The van der Waals surface area contributed by atoms with Gasteiger partial charge in [0.1, 0.15) is 0 Å². The van der Waals surface area contributed by atoms with E-state index in [1.165, 1.54) is 6.33 Å². The lowest BCUT2D eigenvalue weighted by atomic mass is 9.93. The summed E-state index contributed by atoms with van der Waals surface area (Å²) >= 11 is 5.90. The van der Waals surface area contributed by atoms with Crippen LogP contribution in [-0.2, 0) is 0 Å². The second kappa shape index (κ2) is 7.70. The van der Waals surface area contributed by atoms with E-state index in [1.807, 2.05) is 36.1 Å². The maximum absolute atomic E-state index is 12.5. The number of hydrogen-bond donors (Lipinski definition) is 2. The summed E-state index contributed by atoms with van der Waals surface area (Å²) in [6.07, 6.45) is 3.04. The summed E-state index contributed by atoms with van der Waals surface area (Å²) in [4.78, 5) is 32.5. The Morgan fingerprint density at radius 1 is 1.32 bits per heavy atom. The molecule has 1 atom stereocenters. The fourth-order valence-electron chi connectivity index (χ4n) is 3.10. The van der Waals surface area contributed by atoms with E-state index in [1.54, 1.807) is 6.07 Å². The third-order valence-corrected chi connectivity index (χ3v) is 4.86. The van der Waals surface area contributed by atoms with Crippen molar-refractivity contribution >= 4 is 17.6 Å². The molecule has 0 aliphatic carbocycles. The van der Waals surface area contributed by atoms with Crippen LogP contribution in [0.25, 0.3) is 0 Å². The zero-order valence-electron chi connectivity index (χ0n) is 14.0. The van der Waals surface area contributed by atoms with Gasteiger partial charge in [-0.25, -0.2) is 9.78 Å². The van der Waals surface area contributed by atoms with Crippen molar-refractivity contribution in [2.45, 2.75) is 31.7 Å². The van der Waals surface area contributed by atoms with Crippen LogP contribution in [0, 0.1) is 0 Å². The molecule has 0 spiro atoms. The van der Waals surface area contributed by atoms with Crippen LogP contribution < -0.4 is 10.9 Å². The molecule has 1 aromatic carbocycles. The number of rotatable bonds is 3. The first-order valence-electron chi connectivity index (χ1n) is 8.38. The van der Waals surface area contributed by atoms with Crippen molar-refractivity contribution in [1.82, 2.24) is 20.2 Å².